The predicted molar refractivity (Wildman–Crippen MR) is 136 cm³/mol. The van der Waals surface area contributed by atoms with Gasteiger partial charge in [0, 0.05) is 31.7 Å². The maximum Gasteiger partial charge on any atom is 0.573 e. The summed E-state index contributed by atoms with van der Waals surface area (Å²) < 4.78 is 70.8. The van der Waals surface area contributed by atoms with Crippen molar-refractivity contribution in [2.24, 2.45) is 0 Å². The molecule has 1 aliphatic heterocycles. The number of benzene rings is 2. The number of anilines is 2. The summed E-state index contributed by atoms with van der Waals surface area (Å²) in [5.74, 6) is -3.82. The minimum atomic E-state index is -5.04. The van der Waals surface area contributed by atoms with Gasteiger partial charge in [0.25, 0.3) is 5.91 Å². The molecule has 3 aromatic rings. The maximum absolute atomic E-state index is 14.0. The SMILES string of the molecule is CN1CCN(CC(=O)Nc2cc(C(=O)Nc3nnc(-c4c(F)cccc4F)s3)ccc2OC(F)(F)F)CC1.Cl. The number of carbonyl (C=O) groups excluding carboxylic acids is 2. The second-order valence-electron chi connectivity index (χ2n) is 8.35. The van der Waals surface area contributed by atoms with Gasteiger partial charge in [-0.05, 0) is 37.4 Å². The molecule has 2 N–H and O–H groups in total. The number of carbonyl (C=O) groups is 2. The molecule has 2 aromatic carbocycles. The Balaban J connectivity index is 0.00000420. The van der Waals surface area contributed by atoms with Gasteiger partial charge in [0.2, 0.25) is 11.0 Å². The molecule has 16 heteroatoms. The molecule has 0 unspecified atom stereocenters. The highest BCUT2D eigenvalue weighted by molar-refractivity contribution is 7.18. The van der Waals surface area contributed by atoms with Crippen molar-refractivity contribution in [3.63, 3.8) is 0 Å². The Hall–Kier alpha value is -3.40. The minimum absolute atomic E-state index is 0. The summed E-state index contributed by atoms with van der Waals surface area (Å²) in [5, 5.41) is 11.9. The van der Waals surface area contributed by atoms with Gasteiger partial charge in [0.15, 0.2) is 10.8 Å². The summed E-state index contributed by atoms with van der Waals surface area (Å²) >= 11 is 0.696. The van der Waals surface area contributed by atoms with Crippen LogP contribution in [-0.2, 0) is 4.79 Å². The van der Waals surface area contributed by atoms with Crippen LogP contribution >= 0.6 is 23.7 Å². The Morgan fingerprint density at radius 1 is 1.03 bits per heavy atom. The number of hydrogen-bond acceptors (Lipinski definition) is 8. The van der Waals surface area contributed by atoms with Crippen LogP contribution in [0.15, 0.2) is 36.4 Å². The van der Waals surface area contributed by atoms with Gasteiger partial charge in [-0.2, -0.15) is 0 Å². The molecule has 1 aromatic heterocycles. The summed E-state index contributed by atoms with van der Waals surface area (Å²) in [6.45, 7) is 2.64. The van der Waals surface area contributed by atoms with E-state index in [1.807, 2.05) is 11.9 Å². The zero-order chi connectivity index (χ0) is 27.4. The number of aromatic nitrogens is 2. The van der Waals surface area contributed by atoms with E-state index in [1.165, 1.54) is 6.07 Å². The number of nitrogens with zero attached hydrogens (tertiary/aromatic N) is 4. The van der Waals surface area contributed by atoms with Crippen molar-refractivity contribution in [2.75, 3.05) is 50.4 Å². The molecule has 2 amide bonds. The predicted octanol–water partition coefficient (Wildman–Crippen LogP) is 4.24. The van der Waals surface area contributed by atoms with Gasteiger partial charge in [0.05, 0.1) is 17.8 Å². The van der Waals surface area contributed by atoms with E-state index >= 15 is 0 Å². The molecule has 2 heterocycles. The first kappa shape index (κ1) is 30.1. The van der Waals surface area contributed by atoms with E-state index in [9.17, 15) is 31.5 Å². The molecule has 210 valence electrons. The Bertz CT molecular complexity index is 1310. The van der Waals surface area contributed by atoms with Gasteiger partial charge >= 0.3 is 6.36 Å². The van der Waals surface area contributed by atoms with Gasteiger partial charge in [0.1, 0.15) is 11.6 Å². The third-order valence-electron chi connectivity index (χ3n) is 5.53. The summed E-state index contributed by atoms with van der Waals surface area (Å²) in [6.07, 6.45) is -5.04. The number of rotatable bonds is 7. The van der Waals surface area contributed by atoms with Crippen molar-refractivity contribution < 1.29 is 36.3 Å². The second-order valence-corrected chi connectivity index (χ2v) is 9.33. The van der Waals surface area contributed by atoms with Crippen LogP contribution in [0.2, 0.25) is 0 Å². The number of alkyl halides is 3. The smallest absolute Gasteiger partial charge is 0.404 e. The fourth-order valence-corrected chi connectivity index (χ4v) is 4.41. The first-order valence-corrected chi connectivity index (χ1v) is 12.0. The lowest BCUT2D eigenvalue weighted by Gasteiger charge is -2.31. The van der Waals surface area contributed by atoms with Crippen molar-refractivity contribution in [1.82, 2.24) is 20.0 Å². The topological polar surface area (TPSA) is 99.7 Å². The largest absolute Gasteiger partial charge is 0.573 e. The zero-order valence-electron chi connectivity index (χ0n) is 20.2. The highest BCUT2D eigenvalue weighted by Gasteiger charge is 2.33. The standard InChI is InChI=1S/C23H21F5N6O3S.ClH/c1-33-7-9-34(10-8-33)12-18(35)29-16-11-13(5-6-17(16)37-23(26,27)28)20(36)30-22-32-31-21(38-22)19-14(24)3-2-4-15(19)25;/h2-6,11H,7-10,12H2,1H3,(H,29,35)(H,30,32,36);1H. The number of nitrogens with one attached hydrogen (secondary N) is 2. The quantitative estimate of drug-likeness (QED) is 0.396. The number of piperazine rings is 1. The van der Waals surface area contributed by atoms with Crippen molar-refractivity contribution >= 4 is 46.4 Å². The molecular weight excluding hydrogens is 571 g/mol. The summed E-state index contributed by atoms with van der Waals surface area (Å²) in [6, 6.07) is 6.26. The number of likely N-dealkylation sites (N-methyl/N-ethyl adjacent to an activating group) is 1. The number of amides is 2. The first-order chi connectivity index (χ1) is 18.0. The third kappa shape index (κ3) is 8.05. The van der Waals surface area contributed by atoms with Crippen LogP contribution in [0.25, 0.3) is 10.6 Å². The summed E-state index contributed by atoms with van der Waals surface area (Å²) in [7, 11) is 1.94. The fraction of sp³-hybridized carbons (Fsp3) is 0.304. The van der Waals surface area contributed by atoms with Crippen molar-refractivity contribution in [3.05, 3.63) is 53.6 Å². The average molecular weight is 593 g/mol. The Morgan fingerprint density at radius 3 is 2.33 bits per heavy atom. The summed E-state index contributed by atoms with van der Waals surface area (Å²) in [4.78, 5) is 29.3. The first-order valence-electron chi connectivity index (χ1n) is 11.2. The average Bonchev–Trinajstić information content (AvgIpc) is 3.28. The van der Waals surface area contributed by atoms with Gasteiger partial charge in [-0.25, -0.2) is 8.78 Å². The molecule has 1 saturated heterocycles. The molecule has 0 spiro atoms. The zero-order valence-corrected chi connectivity index (χ0v) is 21.9. The van der Waals surface area contributed by atoms with Crippen LogP contribution in [0, 0.1) is 11.6 Å². The van der Waals surface area contributed by atoms with Gasteiger partial charge < -0.3 is 15.0 Å². The number of ether oxygens (including phenoxy) is 1. The van der Waals surface area contributed by atoms with Crippen molar-refractivity contribution in [3.8, 4) is 16.3 Å². The van der Waals surface area contributed by atoms with E-state index in [0.717, 1.165) is 43.4 Å². The van der Waals surface area contributed by atoms with E-state index < -0.39 is 41.1 Å². The van der Waals surface area contributed by atoms with Crippen LogP contribution in [0.4, 0.5) is 32.8 Å². The molecule has 0 aliphatic carbocycles. The molecule has 0 radical (unpaired) electrons. The van der Waals surface area contributed by atoms with Crippen LogP contribution in [-0.4, -0.2) is 77.9 Å². The van der Waals surface area contributed by atoms with E-state index in [2.05, 4.69) is 30.5 Å². The second kappa shape index (κ2) is 12.6. The highest BCUT2D eigenvalue weighted by atomic mass is 35.5. The van der Waals surface area contributed by atoms with E-state index in [1.54, 1.807) is 0 Å². The van der Waals surface area contributed by atoms with Crippen molar-refractivity contribution in [2.45, 2.75) is 6.36 Å². The van der Waals surface area contributed by atoms with Crippen LogP contribution in [0.5, 0.6) is 5.75 Å². The molecule has 0 atom stereocenters. The van der Waals surface area contributed by atoms with Gasteiger partial charge in [-0.3, -0.25) is 19.8 Å². The monoisotopic (exact) mass is 592 g/mol. The molecule has 0 bridgehead atoms. The summed E-state index contributed by atoms with van der Waals surface area (Å²) in [5.41, 5.74) is -0.909. The lowest BCUT2D eigenvalue weighted by atomic mass is 10.1. The van der Waals surface area contributed by atoms with Gasteiger partial charge in [-0.1, -0.05) is 17.4 Å². The molecule has 1 fully saturated rings. The number of hydrogen-bond donors (Lipinski definition) is 2. The van der Waals surface area contributed by atoms with Crippen LogP contribution < -0.4 is 15.4 Å². The van der Waals surface area contributed by atoms with E-state index in [-0.39, 0.29) is 40.3 Å². The third-order valence-corrected chi connectivity index (χ3v) is 6.38. The molecule has 9 nitrogen and oxygen atoms in total. The Morgan fingerprint density at radius 2 is 1.69 bits per heavy atom. The van der Waals surface area contributed by atoms with Crippen LogP contribution in [0.3, 0.4) is 0 Å². The normalized spacial score (nSPS) is 14.4. The Kier molecular flexibility index (Phi) is 9.77. The van der Waals surface area contributed by atoms with Crippen molar-refractivity contribution in [1.29, 1.82) is 0 Å². The Labute approximate surface area is 229 Å². The molecule has 4 rings (SSSR count). The molecule has 1 aliphatic rings. The molecule has 39 heavy (non-hydrogen) atoms. The molecule has 0 saturated carbocycles. The van der Waals surface area contributed by atoms with E-state index in [0.29, 0.717) is 24.4 Å². The lowest BCUT2D eigenvalue weighted by Crippen LogP contribution is -2.47. The minimum Gasteiger partial charge on any atom is -0.404 e. The fourth-order valence-electron chi connectivity index (χ4n) is 3.63. The van der Waals surface area contributed by atoms with Crippen LogP contribution in [0.1, 0.15) is 10.4 Å². The highest BCUT2D eigenvalue weighted by Crippen LogP contribution is 2.33. The van der Waals surface area contributed by atoms with E-state index in [4.69, 9.17) is 0 Å². The van der Waals surface area contributed by atoms with Gasteiger partial charge in [-0.15, -0.1) is 35.8 Å². The molecular formula is C23H22ClF5N6O3S. The number of halogens is 6. The lowest BCUT2D eigenvalue weighted by molar-refractivity contribution is -0.274. The maximum atomic E-state index is 14.0.